The van der Waals surface area contributed by atoms with Gasteiger partial charge in [-0.15, -0.1) is 12.4 Å². The van der Waals surface area contributed by atoms with Crippen molar-refractivity contribution in [2.24, 2.45) is 0 Å². The zero-order valence-electron chi connectivity index (χ0n) is 13.1. The number of alkyl halides is 6. The Morgan fingerprint density at radius 3 is 2.16 bits per heavy atom. The molecule has 1 heterocycles. The lowest BCUT2D eigenvalue weighted by atomic mass is 9.96. The maximum Gasteiger partial charge on any atom is 0.416 e. The highest BCUT2D eigenvalue weighted by atomic mass is 35.5. The van der Waals surface area contributed by atoms with Crippen molar-refractivity contribution in [2.45, 2.75) is 31.2 Å². The Bertz CT molecular complexity index is 554. The molecule has 1 atom stereocenters. The van der Waals surface area contributed by atoms with Gasteiger partial charge in [-0.2, -0.15) is 26.3 Å². The van der Waals surface area contributed by atoms with Gasteiger partial charge in [-0.3, -0.25) is 4.90 Å². The lowest BCUT2D eigenvalue weighted by Crippen LogP contribution is -2.45. The predicted octanol–water partition coefficient (Wildman–Crippen LogP) is 4.56. The molecule has 1 aromatic rings. The Morgan fingerprint density at radius 2 is 1.64 bits per heavy atom. The van der Waals surface area contributed by atoms with Crippen LogP contribution in [0.5, 0.6) is 0 Å². The molecule has 1 aliphatic heterocycles. The van der Waals surface area contributed by atoms with Crippen molar-refractivity contribution >= 4 is 12.4 Å². The molecular weight excluding hydrogens is 377 g/mol. The number of piperazine rings is 1. The number of hydrogen-bond donors (Lipinski definition) is 1. The molecule has 0 radical (unpaired) electrons. The monoisotopic (exact) mass is 394 g/mol. The Kier molecular flexibility index (Phi) is 7.52. The summed E-state index contributed by atoms with van der Waals surface area (Å²) in [5, 5.41) is 3.01. The Balaban J connectivity index is 0.00000312. The van der Waals surface area contributed by atoms with Gasteiger partial charge >= 0.3 is 12.4 Å². The Hall–Kier alpha value is -1.06. The van der Waals surface area contributed by atoms with Crippen LogP contribution in [0.4, 0.5) is 30.7 Å². The molecule has 25 heavy (non-hydrogen) atoms. The van der Waals surface area contributed by atoms with Crippen LogP contribution in [0, 0.1) is 5.82 Å². The van der Waals surface area contributed by atoms with E-state index in [0.29, 0.717) is 44.4 Å². The zero-order valence-corrected chi connectivity index (χ0v) is 13.9. The van der Waals surface area contributed by atoms with E-state index in [-0.39, 0.29) is 18.0 Å². The summed E-state index contributed by atoms with van der Waals surface area (Å²) in [7, 11) is 0. The van der Waals surface area contributed by atoms with Crippen molar-refractivity contribution in [3.63, 3.8) is 0 Å². The average molecular weight is 395 g/mol. The maximum atomic E-state index is 14.1. The third kappa shape index (κ3) is 6.31. The standard InChI is InChI=1S/C15H17F7N2.ClH/c16-12-2-1-10(15(20,21)22)9-11(12)13(3-4-14(17,18)19)24-7-5-23-6-8-24;/h1-2,9,13,23H,3-8H2;1H/t13-;/m1./s1. The van der Waals surface area contributed by atoms with E-state index in [1.54, 1.807) is 4.90 Å². The lowest BCUT2D eigenvalue weighted by Gasteiger charge is -2.35. The number of nitrogens with one attached hydrogen (secondary N) is 1. The highest BCUT2D eigenvalue weighted by molar-refractivity contribution is 5.85. The molecule has 0 amide bonds. The molecule has 1 fully saturated rings. The molecule has 0 spiro atoms. The van der Waals surface area contributed by atoms with Crippen LogP contribution in [-0.2, 0) is 6.18 Å². The van der Waals surface area contributed by atoms with Crippen LogP contribution in [0.2, 0.25) is 0 Å². The second-order valence-electron chi connectivity index (χ2n) is 5.69. The third-order valence-corrected chi connectivity index (χ3v) is 3.98. The highest BCUT2D eigenvalue weighted by Crippen LogP contribution is 2.36. The largest absolute Gasteiger partial charge is 0.416 e. The molecule has 0 aromatic heterocycles. The van der Waals surface area contributed by atoms with E-state index in [9.17, 15) is 30.7 Å². The minimum Gasteiger partial charge on any atom is -0.314 e. The maximum absolute atomic E-state index is 14.1. The van der Waals surface area contributed by atoms with Gasteiger partial charge in [0.1, 0.15) is 5.82 Å². The van der Waals surface area contributed by atoms with E-state index < -0.39 is 42.6 Å². The van der Waals surface area contributed by atoms with Crippen LogP contribution in [0.1, 0.15) is 30.0 Å². The molecule has 0 bridgehead atoms. The zero-order chi connectivity index (χ0) is 18.0. The van der Waals surface area contributed by atoms with Gasteiger partial charge in [-0.1, -0.05) is 0 Å². The third-order valence-electron chi connectivity index (χ3n) is 3.98. The summed E-state index contributed by atoms with van der Waals surface area (Å²) >= 11 is 0. The first kappa shape index (κ1) is 22.0. The minimum atomic E-state index is -4.68. The number of nitrogens with zero attached hydrogens (tertiary/aromatic N) is 1. The van der Waals surface area contributed by atoms with E-state index >= 15 is 0 Å². The van der Waals surface area contributed by atoms with Gasteiger partial charge in [-0.25, -0.2) is 4.39 Å². The fraction of sp³-hybridized carbons (Fsp3) is 0.600. The summed E-state index contributed by atoms with van der Waals surface area (Å²) in [4.78, 5) is 1.60. The van der Waals surface area contributed by atoms with E-state index in [1.807, 2.05) is 0 Å². The fourth-order valence-corrected chi connectivity index (χ4v) is 2.80. The quantitative estimate of drug-likeness (QED) is 0.753. The highest BCUT2D eigenvalue weighted by Gasteiger charge is 2.35. The van der Waals surface area contributed by atoms with E-state index in [1.165, 1.54) is 0 Å². The van der Waals surface area contributed by atoms with Gasteiger partial charge in [0.25, 0.3) is 0 Å². The summed E-state index contributed by atoms with van der Waals surface area (Å²) in [5.74, 6) is -0.922. The van der Waals surface area contributed by atoms with Gasteiger partial charge in [0.05, 0.1) is 5.56 Å². The number of halogens is 8. The SMILES string of the molecule is Cl.Fc1ccc(C(F)(F)F)cc1[C@@H](CCC(F)(F)F)N1CCNCC1. The summed E-state index contributed by atoms with van der Waals surface area (Å²) in [6.45, 7) is 1.67. The second kappa shape index (κ2) is 8.55. The normalized spacial score (nSPS) is 17.9. The van der Waals surface area contributed by atoms with Crippen molar-refractivity contribution in [2.75, 3.05) is 26.2 Å². The predicted molar refractivity (Wildman–Crippen MR) is 81.1 cm³/mol. The van der Waals surface area contributed by atoms with Crippen molar-refractivity contribution < 1.29 is 30.7 Å². The van der Waals surface area contributed by atoms with Crippen LogP contribution in [0.15, 0.2) is 18.2 Å². The first-order chi connectivity index (χ1) is 11.1. The van der Waals surface area contributed by atoms with Crippen molar-refractivity contribution in [3.8, 4) is 0 Å². The van der Waals surface area contributed by atoms with Crippen LogP contribution in [-0.4, -0.2) is 37.3 Å². The first-order valence-corrected chi connectivity index (χ1v) is 7.46. The van der Waals surface area contributed by atoms with Crippen LogP contribution in [0.3, 0.4) is 0 Å². The van der Waals surface area contributed by atoms with Gasteiger partial charge in [0.2, 0.25) is 0 Å². The van der Waals surface area contributed by atoms with E-state index in [0.717, 1.165) is 0 Å². The van der Waals surface area contributed by atoms with E-state index in [2.05, 4.69) is 5.32 Å². The molecule has 0 saturated carbocycles. The van der Waals surface area contributed by atoms with E-state index in [4.69, 9.17) is 0 Å². The van der Waals surface area contributed by atoms with Crippen LogP contribution in [0.25, 0.3) is 0 Å². The summed E-state index contributed by atoms with van der Waals surface area (Å²) < 4.78 is 90.3. The smallest absolute Gasteiger partial charge is 0.314 e. The molecule has 2 nitrogen and oxygen atoms in total. The molecular formula is C15H18ClF7N2. The number of hydrogen-bond acceptors (Lipinski definition) is 2. The molecule has 1 aliphatic rings. The fourth-order valence-electron chi connectivity index (χ4n) is 2.80. The first-order valence-electron chi connectivity index (χ1n) is 7.46. The molecule has 1 aromatic carbocycles. The van der Waals surface area contributed by atoms with Gasteiger partial charge in [0.15, 0.2) is 0 Å². The van der Waals surface area contributed by atoms with Gasteiger partial charge in [0, 0.05) is 44.2 Å². The lowest BCUT2D eigenvalue weighted by molar-refractivity contribution is -0.140. The molecule has 1 saturated heterocycles. The molecule has 1 N–H and O–H groups in total. The van der Waals surface area contributed by atoms with Crippen LogP contribution < -0.4 is 5.32 Å². The Labute approximate surface area is 146 Å². The van der Waals surface area contributed by atoms with Crippen molar-refractivity contribution in [1.29, 1.82) is 0 Å². The Morgan fingerprint density at radius 1 is 1.04 bits per heavy atom. The second-order valence-corrected chi connectivity index (χ2v) is 5.69. The average Bonchev–Trinajstić information content (AvgIpc) is 2.48. The molecule has 0 aliphatic carbocycles. The topological polar surface area (TPSA) is 15.3 Å². The summed E-state index contributed by atoms with van der Waals surface area (Å²) in [6, 6.07) is 0.840. The minimum absolute atomic E-state index is 0. The molecule has 0 unspecified atom stereocenters. The van der Waals surface area contributed by atoms with Crippen LogP contribution >= 0.6 is 12.4 Å². The molecule has 2 rings (SSSR count). The molecule has 10 heteroatoms. The number of benzene rings is 1. The summed E-state index contributed by atoms with van der Waals surface area (Å²) in [5.41, 5.74) is -1.40. The van der Waals surface area contributed by atoms with Crippen molar-refractivity contribution in [3.05, 3.63) is 35.1 Å². The molecule has 144 valence electrons. The van der Waals surface area contributed by atoms with Crippen molar-refractivity contribution in [1.82, 2.24) is 10.2 Å². The number of rotatable bonds is 4. The van der Waals surface area contributed by atoms with Gasteiger partial charge in [-0.05, 0) is 24.6 Å². The van der Waals surface area contributed by atoms with Gasteiger partial charge < -0.3 is 5.32 Å². The summed E-state index contributed by atoms with van der Waals surface area (Å²) in [6.07, 6.45) is -10.8.